The third-order valence-corrected chi connectivity index (χ3v) is 4.73. The number of hydrogen-bond acceptors (Lipinski definition) is 4. The Bertz CT molecular complexity index is 922. The van der Waals surface area contributed by atoms with Gasteiger partial charge in [0.1, 0.15) is 12.3 Å². The first-order valence-corrected chi connectivity index (χ1v) is 10.1. The molecule has 2 heterocycles. The van der Waals surface area contributed by atoms with Gasteiger partial charge in [0, 0.05) is 19.3 Å². The molecule has 0 radical (unpaired) electrons. The number of benzene rings is 1. The van der Waals surface area contributed by atoms with E-state index >= 15 is 0 Å². The maximum Gasteiger partial charge on any atom is 0.216 e. The van der Waals surface area contributed by atoms with Gasteiger partial charge in [0.15, 0.2) is 5.96 Å². The Morgan fingerprint density at radius 3 is 2.59 bits per heavy atom. The first kappa shape index (κ1) is 20.6. The first-order valence-electron chi connectivity index (χ1n) is 10.1. The molecule has 7 heteroatoms. The molecule has 0 fully saturated rings. The highest BCUT2D eigenvalue weighted by molar-refractivity contribution is 5.79. The summed E-state index contributed by atoms with van der Waals surface area (Å²) in [6.07, 6.45) is 4.07. The number of nitrogens with zero attached hydrogens (tertiary/aromatic N) is 4. The molecular formula is C22H30N6O. The molecule has 2 aromatic heterocycles. The molecule has 7 nitrogen and oxygen atoms in total. The molecule has 3 rings (SSSR count). The van der Waals surface area contributed by atoms with Crippen molar-refractivity contribution in [3.05, 3.63) is 65.1 Å². The molecular weight excluding hydrogens is 364 g/mol. The second-order valence-electron chi connectivity index (χ2n) is 6.99. The highest BCUT2D eigenvalue weighted by atomic mass is 16.4. The minimum absolute atomic E-state index is 0.424. The zero-order valence-corrected chi connectivity index (χ0v) is 17.7. The minimum atomic E-state index is 0.424. The van der Waals surface area contributed by atoms with E-state index in [2.05, 4.69) is 57.9 Å². The summed E-state index contributed by atoms with van der Waals surface area (Å²) >= 11 is 0. The second-order valence-corrected chi connectivity index (χ2v) is 6.99. The van der Waals surface area contributed by atoms with Crippen LogP contribution in [0.4, 0.5) is 0 Å². The van der Waals surface area contributed by atoms with Crippen LogP contribution in [-0.2, 0) is 13.0 Å². The lowest BCUT2D eigenvalue weighted by atomic mass is 10.1. The number of guanidine groups is 1. The van der Waals surface area contributed by atoms with E-state index in [1.807, 2.05) is 36.7 Å². The van der Waals surface area contributed by atoms with Gasteiger partial charge in [0.2, 0.25) is 5.89 Å². The summed E-state index contributed by atoms with van der Waals surface area (Å²) in [6, 6.07) is 10.2. The van der Waals surface area contributed by atoms with Crippen molar-refractivity contribution < 1.29 is 4.42 Å². The molecule has 1 aromatic carbocycles. The van der Waals surface area contributed by atoms with Gasteiger partial charge in [-0.3, -0.25) is 0 Å². The van der Waals surface area contributed by atoms with Gasteiger partial charge in [-0.05, 0) is 58.2 Å². The fourth-order valence-corrected chi connectivity index (χ4v) is 3.04. The molecule has 0 aliphatic rings. The SMILES string of the molecule is CCNC(=NCc1nc(C)c(C)o1)NCCCc1cn(-c2ccccc2)nc1C. The summed E-state index contributed by atoms with van der Waals surface area (Å²) in [5.74, 6) is 2.26. The van der Waals surface area contributed by atoms with Gasteiger partial charge < -0.3 is 15.1 Å². The highest BCUT2D eigenvalue weighted by Gasteiger charge is 2.07. The Labute approximate surface area is 172 Å². The zero-order valence-electron chi connectivity index (χ0n) is 17.7. The van der Waals surface area contributed by atoms with E-state index in [9.17, 15) is 0 Å². The van der Waals surface area contributed by atoms with E-state index in [1.54, 1.807) is 0 Å². The normalized spacial score (nSPS) is 11.7. The van der Waals surface area contributed by atoms with Crippen molar-refractivity contribution in [3.8, 4) is 5.69 Å². The van der Waals surface area contributed by atoms with Crippen LogP contribution in [0.3, 0.4) is 0 Å². The molecule has 0 spiro atoms. The average Bonchev–Trinajstić information content (AvgIpc) is 3.25. The lowest BCUT2D eigenvalue weighted by molar-refractivity contribution is 0.473. The van der Waals surface area contributed by atoms with Crippen LogP contribution in [0.15, 0.2) is 45.9 Å². The van der Waals surface area contributed by atoms with Gasteiger partial charge in [-0.2, -0.15) is 5.10 Å². The standard InChI is InChI=1S/C22H30N6O/c1-5-23-22(25-14-21-26-16(2)18(4)29-21)24-13-9-10-19-15-28(27-17(19)3)20-11-7-6-8-12-20/h6-8,11-12,15H,5,9-10,13-14H2,1-4H3,(H2,23,24,25). The van der Waals surface area contributed by atoms with E-state index in [1.165, 1.54) is 5.56 Å². The summed E-state index contributed by atoms with van der Waals surface area (Å²) in [4.78, 5) is 8.94. The van der Waals surface area contributed by atoms with Crippen molar-refractivity contribution in [2.24, 2.45) is 4.99 Å². The number of rotatable bonds is 8. The quantitative estimate of drug-likeness (QED) is 0.347. The van der Waals surface area contributed by atoms with E-state index < -0.39 is 0 Å². The Kier molecular flexibility index (Phi) is 7.05. The van der Waals surface area contributed by atoms with Crippen molar-refractivity contribution in [2.45, 2.75) is 47.1 Å². The smallest absolute Gasteiger partial charge is 0.216 e. The summed E-state index contributed by atoms with van der Waals surface area (Å²) in [5, 5.41) is 11.3. The van der Waals surface area contributed by atoms with Crippen LogP contribution in [0.2, 0.25) is 0 Å². The van der Waals surface area contributed by atoms with Crippen molar-refractivity contribution >= 4 is 5.96 Å². The molecule has 0 saturated carbocycles. The zero-order chi connectivity index (χ0) is 20.6. The number of aliphatic imine (C=N–C) groups is 1. The third kappa shape index (κ3) is 5.70. The monoisotopic (exact) mass is 394 g/mol. The van der Waals surface area contributed by atoms with Gasteiger partial charge in [0.25, 0.3) is 0 Å². The minimum Gasteiger partial charge on any atom is -0.444 e. The van der Waals surface area contributed by atoms with E-state index in [-0.39, 0.29) is 0 Å². The number of hydrogen-bond donors (Lipinski definition) is 2. The maximum atomic E-state index is 5.60. The van der Waals surface area contributed by atoms with Crippen LogP contribution in [0.1, 0.15) is 41.9 Å². The summed E-state index contributed by atoms with van der Waals surface area (Å²) in [5.41, 5.74) is 4.34. The first-order chi connectivity index (χ1) is 14.1. The lowest BCUT2D eigenvalue weighted by Crippen LogP contribution is -2.37. The number of oxazole rings is 1. The number of aryl methyl sites for hydroxylation is 4. The Hall–Kier alpha value is -3.09. The predicted molar refractivity (Wildman–Crippen MR) is 115 cm³/mol. The van der Waals surface area contributed by atoms with Gasteiger partial charge in [-0.1, -0.05) is 18.2 Å². The van der Waals surface area contributed by atoms with Crippen LogP contribution in [0, 0.1) is 20.8 Å². The van der Waals surface area contributed by atoms with E-state index in [0.29, 0.717) is 12.4 Å². The van der Waals surface area contributed by atoms with E-state index in [0.717, 1.165) is 54.7 Å². The second kappa shape index (κ2) is 9.91. The molecule has 0 bridgehead atoms. The molecule has 0 amide bonds. The van der Waals surface area contributed by atoms with Crippen molar-refractivity contribution in [3.63, 3.8) is 0 Å². The fourth-order valence-electron chi connectivity index (χ4n) is 3.04. The molecule has 154 valence electrons. The highest BCUT2D eigenvalue weighted by Crippen LogP contribution is 2.13. The Balaban J connectivity index is 1.51. The summed E-state index contributed by atoms with van der Waals surface area (Å²) < 4.78 is 7.54. The Morgan fingerprint density at radius 1 is 1.10 bits per heavy atom. The van der Waals surface area contributed by atoms with Gasteiger partial charge in [0.05, 0.1) is 17.1 Å². The molecule has 0 saturated heterocycles. The van der Waals surface area contributed by atoms with Crippen molar-refractivity contribution in [1.82, 2.24) is 25.4 Å². The lowest BCUT2D eigenvalue weighted by Gasteiger charge is -2.10. The molecule has 29 heavy (non-hydrogen) atoms. The van der Waals surface area contributed by atoms with Gasteiger partial charge >= 0.3 is 0 Å². The topological polar surface area (TPSA) is 80.3 Å². The van der Waals surface area contributed by atoms with Crippen LogP contribution < -0.4 is 10.6 Å². The molecule has 0 unspecified atom stereocenters. The van der Waals surface area contributed by atoms with Gasteiger partial charge in [-0.15, -0.1) is 0 Å². The fraction of sp³-hybridized carbons (Fsp3) is 0.409. The average molecular weight is 395 g/mol. The van der Waals surface area contributed by atoms with Crippen molar-refractivity contribution in [1.29, 1.82) is 0 Å². The molecule has 3 aromatic rings. The number of nitrogens with one attached hydrogen (secondary N) is 2. The largest absolute Gasteiger partial charge is 0.444 e. The molecule has 0 atom stereocenters. The van der Waals surface area contributed by atoms with E-state index in [4.69, 9.17) is 4.42 Å². The Morgan fingerprint density at radius 2 is 1.90 bits per heavy atom. The molecule has 0 aliphatic heterocycles. The van der Waals surface area contributed by atoms with Crippen LogP contribution in [0.5, 0.6) is 0 Å². The van der Waals surface area contributed by atoms with Gasteiger partial charge in [-0.25, -0.2) is 14.7 Å². The number of para-hydroxylation sites is 1. The van der Waals surface area contributed by atoms with Crippen molar-refractivity contribution in [2.75, 3.05) is 13.1 Å². The van der Waals surface area contributed by atoms with Crippen LogP contribution >= 0.6 is 0 Å². The summed E-state index contributed by atoms with van der Waals surface area (Å²) in [7, 11) is 0. The van der Waals surface area contributed by atoms with Crippen LogP contribution in [-0.4, -0.2) is 33.8 Å². The summed E-state index contributed by atoms with van der Waals surface area (Å²) in [6.45, 7) is 10.0. The third-order valence-electron chi connectivity index (χ3n) is 4.73. The maximum absolute atomic E-state index is 5.60. The molecule has 2 N–H and O–H groups in total. The molecule has 0 aliphatic carbocycles. The predicted octanol–water partition coefficient (Wildman–Crippen LogP) is 3.47. The van der Waals surface area contributed by atoms with Crippen LogP contribution in [0.25, 0.3) is 5.69 Å². The number of aromatic nitrogens is 3.